The summed E-state index contributed by atoms with van der Waals surface area (Å²) in [6.45, 7) is 0.952. The van der Waals surface area contributed by atoms with Crippen molar-refractivity contribution in [2.24, 2.45) is 13.0 Å². The summed E-state index contributed by atoms with van der Waals surface area (Å²) in [5, 5.41) is 0.786. The molecule has 5 rings (SSSR count). The van der Waals surface area contributed by atoms with E-state index in [4.69, 9.17) is 9.72 Å². The number of anilines is 1. The maximum absolute atomic E-state index is 12.5. The molecule has 0 spiro atoms. The van der Waals surface area contributed by atoms with Crippen LogP contribution in [-0.2, 0) is 21.8 Å². The smallest absolute Gasteiger partial charge is 0.274 e. The molecular weight excluding hydrogens is 392 g/mol. The topological polar surface area (TPSA) is 106 Å². The number of nitrogens with one attached hydrogen (secondary N) is 2. The van der Waals surface area contributed by atoms with Crippen LogP contribution in [0, 0.1) is 5.92 Å². The van der Waals surface area contributed by atoms with E-state index in [-0.39, 0.29) is 17.2 Å². The quantitative estimate of drug-likeness (QED) is 0.643. The van der Waals surface area contributed by atoms with Gasteiger partial charge in [-0.25, -0.2) is 13.4 Å². The third-order valence-electron chi connectivity index (χ3n) is 5.52. The van der Waals surface area contributed by atoms with Crippen molar-refractivity contribution in [3.8, 4) is 11.3 Å². The predicted octanol–water partition coefficient (Wildman–Crippen LogP) is 2.19. The van der Waals surface area contributed by atoms with Gasteiger partial charge < -0.3 is 14.3 Å². The lowest BCUT2D eigenvalue weighted by atomic mass is 10.0. The average molecular weight is 414 g/mol. The first kappa shape index (κ1) is 18.4. The molecule has 0 radical (unpaired) electrons. The Morgan fingerprint density at radius 1 is 1.28 bits per heavy atom. The van der Waals surface area contributed by atoms with E-state index in [1.54, 1.807) is 25.5 Å². The largest absolute Gasteiger partial charge is 0.381 e. The van der Waals surface area contributed by atoms with Gasteiger partial charge in [-0.3, -0.25) is 9.52 Å². The molecule has 152 valence electrons. The van der Waals surface area contributed by atoms with Crippen LogP contribution in [0.4, 0.5) is 5.82 Å². The van der Waals surface area contributed by atoms with Gasteiger partial charge in [-0.2, -0.15) is 0 Å². The van der Waals surface area contributed by atoms with Crippen molar-refractivity contribution in [2.45, 2.75) is 18.8 Å². The second kappa shape index (κ2) is 6.70. The second-order valence-electron chi connectivity index (χ2n) is 7.92. The van der Waals surface area contributed by atoms with Crippen molar-refractivity contribution in [1.29, 1.82) is 0 Å². The number of rotatable bonds is 6. The number of aromatic amines is 1. The zero-order valence-electron chi connectivity index (χ0n) is 16.0. The van der Waals surface area contributed by atoms with E-state index in [1.165, 1.54) is 4.57 Å². The van der Waals surface area contributed by atoms with Crippen LogP contribution >= 0.6 is 0 Å². The van der Waals surface area contributed by atoms with Gasteiger partial charge in [0.25, 0.3) is 5.56 Å². The summed E-state index contributed by atoms with van der Waals surface area (Å²) in [6, 6.07) is 5.54. The first-order valence-electron chi connectivity index (χ1n) is 9.67. The van der Waals surface area contributed by atoms with Gasteiger partial charge in [0.05, 0.1) is 24.7 Å². The fraction of sp³-hybridized carbons (Fsp3) is 0.400. The van der Waals surface area contributed by atoms with Crippen molar-refractivity contribution in [2.75, 3.05) is 23.7 Å². The Hall–Kier alpha value is -2.65. The summed E-state index contributed by atoms with van der Waals surface area (Å²) in [5.41, 5.74) is 3.03. The van der Waals surface area contributed by atoms with Gasteiger partial charge in [-0.15, -0.1) is 0 Å². The molecule has 0 unspecified atom stereocenters. The molecule has 2 fully saturated rings. The van der Waals surface area contributed by atoms with E-state index in [2.05, 4.69) is 9.71 Å². The van der Waals surface area contributed by atoms with E-state index >= 15 is 0 Å². The molecule has 2 aliphatic rings. The predicted molar refractivity (Wildman–Crippen MR) is 110 cm³/mol. The zero-order valence-corrected chi connectivity index (χ0v) is 16.8. The first-order valence-corrected chi connectivity index (χ1v) is 11.3. The Labute approximate surface area is 168 Å². The number of aromatic nitrogens is 3. The average Bonchev–Trinajstić information content (AvgIpc) is 3.37. The van der Waals surface area contributed by atoms with Crippen molar-refractivity contribution < 1.29 is 13.2 Å². The highest BCUT2D eigenvalue weighted by Gasteiger charge is 2.30. The summed E-state index contributed by atoms with van der Waals surface area (Å²) in [7, 11) is -1.81. The maximum atomic E-state index is 12.5. The monoisotopic (exact) mass is 414 g/mol. The van der Waals surface area contributed by atoms with Crippen LogP contribution in [0.2, 0.25) is 0 Å². The molecule has 1 saturated heterocycles. The van der Waals surface area contributed by atoms with Gasteiger partial charge >= 0.3 is 0 Å². The van der Waals surface area contributed by atoms with Gasteiger partial charge in [-0.05, 0) is 36.5 Å². The highest BCUT2D eigenvalue weighted by Crippen LogP contribution is 2.45. The molecule has 0 aromatic carbocycles. The third kappa shape index (κ3) is 3.44. The fourth-order valence-electron chi connectivity index (χ4n) is 3.82. The molecular formula is C20H22N4O4S. The summed E-state index contributed by atoms with van der Waals surface area (Å²) < 4.78 is 34.2. The summed E-state index contributed by atoms with van der Waals surface area (Å²) in [6.07, 6.45) is 5.68. The highest BCUT2D eigenvalue weighted by atomic mass is 32.2. The minimum Gasteiger partial charge on any atom is -0.381 e. The Bertz CT molecular complexity index is 1250. The molecule has 0 atom stereocenters. The lowest BCUT2D eigenvalue weighted by Gasteiger charge is -2.25. The van der Waals surface area contributed by atoms with Crippen molar-refractivity contribution in [3.63, 3.8) is 0 Å². The number of pyridine rings is 2. The summed E-state index contributed by atoms with van der Waals surface area (Å²) in [4.78, 5) is 20.1. The second-order valence-corrected chi connectivity index (χ2v) is 9.69. The minimum atomic E-state index is -3.51. The molecule has 0 amide bonds. The van der Waals surface area contributed by atoms with Gasteiger partial charge in [0.15, 0.2) is 0 Å². The Morgan fingerprint density at radius 2 is 2.07 bits per heavy atom. The minimum absolute atomic E-state index is 0.0241. The molecule has 4 heterocycles. The molecule has 3 aromatic heterocycles. The first-order chi connectivity index (χ1) is 13.9. The molecule has 1 saturated carbocycles. The summed E-state index contributed by atoms with van der Waals surface area (Å²) >= 11 is 0. The number of sulfonamides is 1. The number of H-pyrrole nitrogens is 1. The van der Waals surface area contributed by atoms with Crippen LogP contribution in [-0.4, -0.2) is 41.9 Å². The molecule has 29 heavy (non-hydrogen) atoms. The molecule has 1 aliphatic heterocycles. The van der Waals surface area contributed by atoms with Crippen LogP contribution in [0.25, 0.3) is 22.2 Å². The van der Waals surface area contributed by atoms with Crippen LogP contribution in [0.3, 0.4) is 0 Å². The molecule has 1 aliphatic carbocycles. The van der Waals surface area contributed by atoms with E-state index in [0.29, 0.717) is 30.5 Å². The Morgan fingerprint density at radius 3 is 2.76 bits per heavy atom. The zero-order chi connectivity index (χ0) is 20.2. The SMILES string of the molecule is Cn1cc(-c2nc(NS(=O)(=O)CC3COC3)ccc2C2CC2)c2cc[nH]c2c1=O. The Balaban J connectivity index is 1.59. The summed E-state index contributed by atoms with van der Waals surface area (Å²) in [5.74, 6) is 0.764. The normalized spacial score (nSPS) is 17.4. The number of ether oxygens (including phenoxy) is 1. The van der Waals surface area contributed by atoms with Gasteiger partial charge in [0.1, 0.15) is 11.3 Å². The maximum Gasteiger partial charge on any atom is 0.274 e. The van der Waals surface area contributed by atoms with E-state index in [9.17, 15) is 13.2 Å². The lowest BCUT2D eigenvalue weighted by molar-refractivity contribution is -0.0203. The van der Waals surface area contributed by atoms with Gasteiger partial charge in [0, 0.05) is 36.3 Å². The van der Waals surface area contributed by atoms with Crippen molar-refractivity contribution >= 4 is 26.7 Å². The van der Waals surface area contributed by atoms with Crippen LogP contribution in [0.1, 0.15) is 24.3 Å². The number of fused-ring (bicyclic) bond motifs is 1. The molecule has 0 bridgehead atoms. The molecule has 2 N–H and O–H groups in total. The van der Waals surface area contributed by atoms with E-state index < -0.39 is 10.0 Å². The molecule has 9 heteroatoms. The third-order valence-corrected chi connectivity index (χ3v) is 6.95. The number of nitrogens with zero attached hydrogens (tertiary/aromatic N) is 2. The van der Waals surface area contributed by atoms with Gasteiger partial charge in [0.2, 0.25) is 10.0 Å². The number of hydrogen-bond acceptors (Lipinski definition) is 5. The standard InChI is InChI=1S/C20H22N4O4S/c1-24-8-16(15-6-7-21-19(15)20(24)25)18-14(13-2-3-13)4-5-17(22-18)23-29(26,27)11-12-9-28-10-12/h4-8,12-13,21H,2-3,9-11H2,1H3,(H,22,23). The van der Waals surface area contributed by atoms with Crippen LogP contribution in [0.5, 0.6) is 0 Å². The molecule has 3 aromatic rings. The van der Waals surface area contributed by atoms with Crippen molar-refractivity contribution in [1.82, 2.24) is 14.5 Å². The van der Waals surface area contributed by atoms with E-state index in [1.807, 2.05) is 12.1 Å². The van der Waals surface area contributed by atoms with Crippen LogP contribution < -0.4 is 10.3 Å². The number of aryl methyl sites for hydroxylation is 1. The van der Waals surface area contributed by atoms with Gasteiger partial charge in [-0.1, -0.05) is 6.07 Å². The lowest BCUT2D eigenvalue weighted by Crippen LogP contribution is -2.35. The highest BCUT2D eigenvalue weighted by molar-refractivity contribution is 7.92. The van der Waals surface area contributed by atoms with E-state index in [0.717, 1.165) is 35.0 Å². The van der Waals surface area contributed by atoms with Crippen molar-refractivity contribution in [3.05, 3.63) is 46.5 Å². The van der Waals surface area contributed by atoms with Crippen LogP contribution in [0.15, 0.2) is 35.4 Å². The fourth-order valence-corrected chi connectivity index (χ4v) is 5.14. The number of hydrogen-bond donors (Lipinski definition) is 2. The molecule has 8 nitrogen and oxygen atoms in total. The Kier molecular flexibility index (Phi) is 4.25.